The maximum atomic E-state index is 12.2. The van der Waals surface area contributed by atoms with Crippen LogP contribution in [0.4, 0.5) is 5.82 Å². The quantitative estimate of drug-likeness (QED) is 0.692. The Morgan fingerprint density at radius 1 is 1.23 bits per heavy atom. The Morgan fingerprint density at radius 2 is 1.97 bits per heavy atom. The number of carbonyl (C=O) groups excluding carboxylic acids is 1. The average Bonchev–Trinajstić information content (AvgIpc) is 3.07. The molecule has 2 aliphatic rings. The third kappa shape index (κ3) is 4.00. The van der Waals surface area contributed by atoms with E-state index in [0.29, 0.717) is 26.6 Å². The summed E-state index contributed by atoms with van der Waals surface area (Å²) in [6.45, 7) is 3.48. The lowest BCUT2D eigenvalue weighted by molar-refractivity contribution is 0.0994. The number of anilines is 1. The van der Waals surface area contributed by atoms with Gasteiger partial charge in [0.2, 0.25) is 0 Å². The van der Waals surface area contributed by atoms with Crippen LogP contribution in [0.1, 0.15) is 48.3 Å². The lowest BCUT2D eigenvalue weighted by atomic mass is 9.74. The van der Waals surface area contributed by atoms with Gasteiger partial charge in [-0.3, -0.25) is 4.79 Å². The Kier molecular flexibility index (Phi) is 6.17. The highest BCUT2D eigenvalue weighted by atomic mass is 35.5. The molecular formula is C21H25Cl2N5OS. The zero-order valence-corrected chi connectivity index (χ0v) is 19.2. The number of halogens is 2. The first-order chi connectivity index (χ1) is 14.3. The first kappa shape index (κ1) is 21.7. The van der Waals surface area contributed by atoms with Gasteiger partial charge in [0.25, 0.3) is 5.91 Å². The highest BCUT2D eigenvalue weighted by molar-refractivity contribution is 7.99. The van der Waals surface area contributed by atoms with Crippen LogP contribution in [-0.4, -0.2) is 35.0 Å². The van der Waals surface area contributed by atoms with E-state index < -0.39 is 5.91 Å². The van der Waals surface area contributed by atoms with Crippen LogP contribution >= 0.6 is 35.0 Å². The van der Waals surface area contributed by atoms with Crippen molar-refractivity contribution in [2.45, 2.75) is 55.0 Å². The normalized spacial score (nSPS) is 20.7. The molecule has 1 aliphatic heterocycles. The second-order valence-electron chi connectivity index (χ2n) is 8.15. The summed E-state index contributed by atoms with van der Waals surface area (Å²) >= 11 is 13.8. The van der Waals surface area contributed by atoms with Crippen LogP contribution in [0.3, 0.4) is 0 Å². The smallest absolute Gasteiger partial charge is 0.271 e. The molecule has 2 fully saturated rings. The van der Waals surface area contributed by atoms with Gasteiger partial charge in [-0.05, 0) is 50.2 Å². The largest absolute Gasteiger partial charge is 0.364 e. The van der Waals surface area contributed by atoms with E-state index in [4.69, 9.17) is 39.7 Å². The summed E-state index contributed by atoms with van der Waals surface area (Å²) in [5, 5.41) is 1.50. The fourth-order valence-electron chi connectivity index (χ4n) is 4.59. The van der Waals surface area contributed by atoms with Crippen molar-refractivity contribution in [1.29, 1.82) is 0 Å². The van der Waals surface area contributed by atoms with Crippen molar-refractivity contribution in [2.75, 3.05) is 18.0 Å². The number of benzene rings is 1. The molecule has 1 atom stereocenters. The van der Waals surface area contributed by atoms with Gasteiger partial charge in [-0.25, -0.2) is 9.97 Å². The molecule has 1 saturated heterocycles. The van der Waals surface area contributed by atoms with Crippen LogP contribution in [-0.2, 0) is 0 Å². The molecule has 1 saturated carbocycles. The van der Waals surface area contributed by atoms with Crippen LogP contribution in [0, 0.1) is 12.3 Å². The predicted octanol–water partition coefficient (Wildman–Crippen LogP) is 4.44. The molecule has 0 unspecified atom stereocenters. The Hall–Kier alpha value is -1.54. The Labute approximate surface area is 190 Å². The van der Waals surface area contributed by atoms with Crippen LogP contribution in [0.5, 0.6) is 0 Å². The van der Waals surface area contributed by atoms with Crippen LogP contribution in [0.25, 0.3) is 0 Å². The molecule has 0 radical (unpaired) electrons. The number of nitrogens with zero attached hydrogens (tertiary/aromatic N) is 3. The molecule has 6 nitrogen and oxygen atoms in total. The van der Waals surface area contributed by atoms with Crippen LogP contribution in [0.2, 0.25) is 10.0 Å². The topological polar surface area (TPSA) is 98.1 Å². The number of nitrogens with two attached hydrogens (primary N) is 2. The lowest BCUT2D eigenvalue weighted by Gasteiger charge is -2.42. The third-order valence-corrected chi connectivity index (χ3v) is 8.47. The first-order valence-corrected chi connectivity index (χ1v) is 11.7. The van der Waals surface area contributed by atoms with Crippen LogP contribution in [0.15, 0.2) is 28.1 Å². The maximum Gasteiger partial charge on any atom is 0.271 e. The molecule has 4 N–H and O–H groups in total. The molecule has 1 amide bonds. The molecule has 1 aromatic heterocycles. The molecule has 1 aromatic carbocycles. The minimum absolute atomic E-state index is 0.188. The van der Waals surface area contributed by atoms with Gasteiger partial charge >= 0.3 is 0 Å². The van der Waals surface area contributed by atoms with Gasteiger partial charge in [0.1, 0.15) is 5.03 Å². The van der Waals surface area contributed by atoms with Crippen molar-refractivity contribution in [3.05, 3.63) is 39.6 Å². The number of hydrogen-bond acceptors (Lipinski definition) is 6. The monoisotopic (exact) mass is 465 g/mol. The number of rotatable bonds is 4. The second-order valence-corrected chi connectivity index (χ2v) is 9.97. The van der Waals surface area contributed by atoms with E-state index in [2.05, 4.69) is 9.88 Å². The van der Waals surface area contributed by atoms with E-state index in [9.17, 15) is 4.79 Å². The van der Waals surface area contributed by atoms with Gasteiger partial charge in [0.05, 0.1) is 15.7 Å². The highest BCUT2D eigenvalue weighted by Crippen LogP contribution is 2.46. The molecule has 160 valence electrons. The minimum atomic E-state index is -0.589. The van der Waals surface area contributed by atoms with E-state index >= 15 is 0 Å². The van der Waals surface area contributed by atoms with E-state index in [1.807, 2.05) is 19.1 Å². The third-order valence-electron chi connectivity index (χ3n) is 6.40. The summed E-state index contributed by atoms with van der Waals surface area (Å²) in [4.78, 5) is 24.4. The van der Waals surface area contributed by atoms with Gasteiger partial charge in [0.15, 0.2) is 11.5 Å². The van der Waals surface area contributed by atoms with Gasteiger partial charge < -0.3 is 16.4 Å². The second kappa shape index (κ2) is 8.54. The standard InChI is InChI=1S/C21H25Cl2N5OS/c1-12-20(30-14-5-2-4-13(22)16(14)23)27-17(18(25)29)19(26-12)28-10-8-21(9-11-28)7-3-6-15(21)24/h2,4-5,15H,3,6-11,24H2,1H3,(H2,25,29)/t15-/m1/s1. The van der Waals surface area contributed by atoms with E-state index in [-0.39, 0.29) is 17.2 Å². The van der Waals surface area contributed by atoms with Crippen molar-refractivity contribution in [1.82, 2.24) is 9.97 Å². The van der Waals surface area contributed by atoms with Crippen molar-refractivity contribution in [3.8, 4) is 0 Å². The zero-order valence-electron chi connectivity index (χ0n) is 16.8. The highest BCUT2D eigenvalue weighted by Gasteiger charge is 2.43. The Bertz CT molecular complexity index is 978. The fourth-order valence-corrected chi connectivity index (χ4v) is 5.95. The van der Waals surface area contributed by atoms with Crippen molar-refractivity contribution >= 4 is 46.7 Å². The minimum Gasteiger partial charge on any atom is -0.364 e. The van der Waals surface area contributed by atoms with Gasteiger partial charge in [0, 0.05) is 24.0 Å². The molecule has 30 heavy (non-hydrogen) atoms. The summed E-state index contributed by atoms with van der Waals surface area (Å²) in [6, 6.07) is 5.67. The summed E-state index contributed by atoms with van der Waals surface area (Å²) < 4.78 is 0. The SMILES string of the molecule is Cc1nc(N2CCC3(CCC[C@H]3N)CC2)c(C(N)=O)nc1Sc1cccc(Cl)c1Cl. The lowest BCUT2D eigenvalue weighted by Crippen LogP contribution is -2.47. The number of amides is 1. The molecule has 2 aromatic rings. The van der Waals surface area contributed by atoms with Gasteiger partial charge in [-0.1, -0.05) is 47.5 Å². The molecule has 0 bridgehead atoms. The number of piperidine rings is 1. The molecule has 9 heteroatoms. The van der Waals surface area contributed by atoms with E-state index in [1.54, 1.807) is 6.07 Å². The zero-order chi connectivity index (χ0) is 21.5. The molecular weight excluding hydrogens is 441 g/mol. The number of primary amides is 1. The summed E-state index contributed by atoms with van der Waals surface area (Å²) in [7, 11) is 0. The summed E-state index contributed by atoms with van der Waals surface area (Å²) in [5.41, 5.74) is 13.2. The van der Waals surface area contributed by atoms with Crippen molar-refractivity contribution < 1.29 is 4.79 Å². The first-order valence-electron chi connectivity index (χ1n) is 10.1. The van der Waals surface area contributed by atoms with Gasteiger partial charge in [-0.2, -0.15) is 0 Å². The predicted molar refractivity (Wildman–Crippen MR) is 122 cm³/mol. The number of aromatic nitrogens is 2. The maximum absolute atomic E-state index is 12.2. The van der Waals surface area contributed by atoms with Crippen molar-refractivity contribution in [2.24, 2.45) is 16.9 Å². The van der Waals surface area contributed by atoms with Crippen molar-refractivity contribution in [3.63, 3.8) is 0 Å². The van der Waals surface area contributed by atoms with Gasteiger partial charge in [-0.15, -0.1) is 0 Å². The Morgan fingerprint density at radius 3 is 2.60 bits per heavy atom. The number of hydrogen-bond donors (Lipinski definition) is 2. The molecule has 1 aliphatic carbocycles. The Balaban J connectivity index is 1.61. The van der Waals surface area contributed by atoms with Crippen LogP contribution < -0.4 is 16.4 Å². The number of aryl methyl sites for hydroxylation is 1. The summed E-state index contributed by atoms with van der Waals surface area (Å²) in [6.07, 6.45) is 5.49. The van der Waals surface area contributed by atoms with E-state index in [0.717, 1.165) is 37.2 Å². The number of carbonyl (C=O) groups is 1. The molecule has 1 spiro atoms. The summed E-state index contributed by atoms with van der Waals surface area (Å²) in [5.74, 6) is -0.0302. The fraction of sp³-hybridized carbons (Fsp3) is 0.476. The van der Waals surface area contributed by atoms with E-state index in [1.165, 1.54) is 24.6 Å². The molecule has 2 heterocycles. The average molecular weight is 466 g/mol. The molecule has 4 rings (SSSR count).